The van der Waals surface area contributed by atoms with Crippen molar-refractivity contribution in [2.45, 2.75) is 32.9 Å². The minimum absolute atomic E-state index is 0.131. The van der Waals surface area contributed by atoms with E-state index in [-0.39, 0.29) is 17.5 Å². The van der Waals surface area contributed by atoms with E-state index in [4.69, 9.17) is 5.73 Å². The average molecular weight is 278 g/mol. The summed E-state index contributed by atoms with van der Waals surface area (Å²) in [5, 5.41) is 3.05. The van der Waals surface area contributed by atoms with Crippen LogP contribution in [-0.2, 0) is 6.54 Å². The summed E-state index contributed by atoms with van der Waals surface area (Å²) in [6, 6.07) is -0.184. The molecule has 108 valence electrons. The van der Waals surface area contributed by atoms with Gasteiger partial charge in [-0.1, -0.05) is 6.92 Å². The van der Waals surface area contributed by atoms with E-state index in [1.165, 1.54) is 4.57 Å². The van der Waals surface area contributed by atoms with Crippen molar-refractivity contribution < 1.29 is 0 Å². The maximum atomic E-state index is 11.9. The van der Waals surface area contributed by atoms with Crippen molar-refractivity contribution in [1.29, 1.82) is 0 Å². The zero-order valence-electron chi connectivity index (χ0n) is 11.4. The zero-order chi connectivity index (χ0) is 14.7. The SMILES string of the molecule is CCC(Nc1c(N)n(CC)c(=O)[nH]c1=O)c1ncc[nH]1. The number of aromatic amines is 2. The molecule has 0 bridgehead atoms. The third-order valence-electron chi connectivity index (χ3n) is 3.13. The van der Waals surface area contributed by atoms with Gasteiger partial charge in [-0.2, -0.15) is 0 Å². The predicted octanol–water partition coefficient (Wildman–Crippen LogP) is 0.425. The molecule has 5 N–H and O–H groups in total. The summed E-state index contributed by atoms with van der Waals surface area (Å²) in [6.45, 7) is 4.12. The van der Waals surface area contributed by atoms with Crippen molar-refractivity contribution >= 4 is 11.5 Å². The van der Waals surface area contributed by atoms with E-state index in [0.717, 1.165) is 0 Å². The van der Waals surface area contributed by atoms with Crippen molar-refractivity contribution in [1.82, 2.24) is 19.5 Å². The van der Waals surface area contributed by atoms with Crippen LogP contribution in [0.4, 0.5) is 11.5 Å². The number of hydrogen-bond donors (Lipinski definition) is 4. The fourth-order valence-corrected chi connectivity index (χ4v) is 2.05. The highest BCUT2D eigenvalue weighted by Gasteiger charge is 2.17. The van der Waals surface area contributed by atoms with Crippen LogP contribution < -0.4 is 22.3 Å². The Morgan fingerprint density at radius 3 is 2.75 bits per heavy atom. The van der Waals surface area contributed by atoms with Crippen LogP contribution >= 0.6 is 0 Å². The lowest BCUT2D eigenvalue weighted by Crippen LogP contribution is -2.34. The van der Waals surface area contributed by atoms with Crippen molar-refractivity contribution in [2.75, 3.05) is 11.1 Å². The number of hydrogen-bond acceptors (Lipinski definition) is 5. The van der Waals surface area contributed by atoms with E-state index in [9.17, 15) is 9.59 Å². The van der Waals surface area contributed by atoms with Crippen molar-refractivity contribution in [2.24, 2.45) is 0 Å². The Kier molecular flexibility index (Phi) is 3.92. The van der Waals surface area contributed by atoms with Gasteiger partial charge in [-0.15, -0.1) is 0 Å². The van der Waals surface area contributed by atoms with Gasteiger partial charge < -0.3 is 16.0 Å². The summed E-state index contributed by atoms with van der Waals surface area (Å²) in [7, 11) is 0. The molecule has 8 nitrogen and oxygen atoms in total. The first kappa shape index (κ1) is 13.9. The molecule has 2 aromatic rings. The molecule has 0 aliphatic carbocycles. The lowest BCUT2D eigenvalue weighted by Gasteiger charge is -2.18. The molecule has 20 heavy (non-hydrogen) atoms. The third-order valence-corrected chi connectivity index (χ3v) is 3.13. The van der Waals surface area contributed by atoms with Gasteiger partial charge in [0.2, 0.25) is 0 Å². The molecule has 0 saturated heterocycles. The molecule has 0 amide bonds. The fraction of sp³-hybridized carbons (Fsp3) is 0.417. The molecule has 1 unspecified atom stereocenters. The maximum Gasteiger partial charge on any atom is 0.330 e. The number of imidazole rings is 1. The number of nitrogens with one attached hydrogen (secondary N) is 3. The number of nitrogens with zero attached hydrogens (tertiary/aromatic N) is 2. The number of anilines is 2. The number of rotatable bonds is 5. The summed E-state index contributed by atoms with van der Waals surface area (Å²) < 4.78 is 1.30. The molecule has 0 fully saturated rings. The smallest absolute Gasteiger partial charge is 0.330 e. The van der Waals surface area contributed by atoms with Gasteiger partial charge in [-0.25, -0.2) is 9.78 Å². The van der Waals surface area contributed by atoms with Crippen LogP contribution in [0.25, 0.3) is 0 Å². The van der Waals surface area contributed by atoms with Gasteiger partial charge in [0.15, 0.2) is 0 Å². The van der Waals surface area contributed by atoms with Crippen LogP contribution in [0.3, 0.4) is 0 Å². The summed E-state index contributed by atoms with van der Waals surface area (Å²) in [6.07, 6.45) is 4.05. The first-order valence-electron chi connectivity index (χ1n) is 6.46. The minimum atomic E-state index is -0.526. The first-order valence-corrected chi connectivity index (χ1v) is 6.46. The molecule has 0 aliphatic heterocycles. The number of H-pyrrole nitrogens is 2. The molecule has 0 saturated carbocycles. The van der Waals surface area contributed by atoms with E-state index in [0.29, 0.717) is 18.8 Å². The van der Waals surface area contributed by atoms with Gasteiger partial charge in [-0.3, -0.25) is 14.3 Å². The van der Waals surface area contributed by atoms with Crippen LogP contribution in [0.1, 0.15) is 32.1 Å². The first-order chi connectivity index (χ1) is 9.58. The summed E-state index contributed by atoms with van der Waals surface area (Å²) in [5.74, 6) is 0.840. The molecule has 0 spiro atoms. The second kappa shape index (κ2) is 5.64. The van der Waals surface area contributed by atoms with E-state index >= 15 is 0 Å². The molecule has 0 radical (unpaired) electrons. The Bertz CT molecular complexity index is 685. The van der Waals surface area contributed by atoms with E-state index in [1.807, 2.05) is 6.92 Å². The number of nitrogens with two attached hydrogens (primary N) is 1. The second-order valence-electron chi connectivity index (χ2n) is 4.34. The topological polar surface area (TPSA) is 122 Å². The lowest BCUT2D eigenvalue weighted by atomic mass is 10.2. The van der Waals surface area contributed by atoms with Crippen LogP contribution in [-0.4, -0.2) is 19.5 Å². The van der Waals surface area contributed by atoms with Crippen molar-refractivity contribution in [3.63, 3.8) is 0 Å². The lowest BCUT2D eigenvalue weighted by molar-refractivity contribution is 0.682. The second-order valence-corrected chi connectivity index (χ2v) is 4.34. The minimum Gasteiger partial charge on any atom is -0.383 e. The van der Waals surface area contributed by atoms with Gasteiger partial charge in [0, 0.05) is 18.9 Å². The molecule has 2 aromatic heterocycles. The molecule has 8 heteroatoms. The van der Waals surface area contributed by atoms with Crippen molar-refractivity contribution in [3.05, 3.63) is 39.1 Å². The summed E-state index contributed by atoms with van der Waals surface area (Å²) in [4.78, 5) is 32.9. The Morgan fingerprint density at radius 2 is 2.20 bits per heavy atom. The maximum absolute atomic E-state index is 11.9. The van der Waals surface area contributed by atoms with Gasteiger partial charge in [0.1, 0.15) is 17.3 Å². The van der Waals surface area contributed by atoms with E-state index in [1.54, 1.807) is 19.3 Å². The molecule has 0 aromatic carbocycles. The highest BCUT2D eigenvalue weighted by Crippen LogP contribution is 2.20. The molecule has 1 atom stereocenters. The van der Waals surface area contributed by atoms with Crippen LogP contribution in [0.15, 0.2) is 22.0 Å². The molecular formula is C12H18N6O2. The largest absolute Gasteiger partial charge is 0.383 e. The molecule has 2 heterocycles. The quantitative estimate of drug-likeness (QED) is 0.631. The molecular weight excluding hydrogens is 260 g/mol. The van der Waals surface area contributed by atoms with Crippen LogP contribution in [0, 0.1) is 0 Å². The van der Waals surface area contributed by atoms with Gasteiger partial charge in [0.25, 0.3) is 5.56 Å². The normalized spacial score (nSPS) is 12.3. The Morgan fingerprint density at radius 1 is 1.45 bits per heavy atom. The van der Waals surface area contributed by atoms with Crippen LogP contribution in [0.2, 0.25) is 0 Å². The van der Waals surface area contributed by atoms with E-state index < -0.39 is 11.2 Å². The predicted molar refractivity (Wildman–Crippen MR) is 76.7 cm³/mol. The fourth-order valence-electron chi connectivity index (χ4n) is 2.05. The summed E-state index contributed by atoms with van der Waals surface area (Å²) in [5.41, 5.74) is 5.06. The Hall–Kier alpha value is -2.51. The number of nitrogen functional groups attached to an aromatic ring is 1. The van der Waals surface area contributed by atoms with Crippen molar-refractivity contribution in [3.8, 4) is 0 Å². The highest BCUT2D eigenvalue weighted by molar-refractivity contribution is 5.61. The average Bonchev–Trinajstić information content (AvgIpc) is 2.93. The molecule has 0 aliphatic rings. The van der Waals surface area contributed by atoms with Gasteiger partial charge in [-0.05, 0) is 13.3 Å². The molecule has 2 rings (SSSR count). The Balaban J connectivity index is 2.43. The van der Waals surface area contributed by atoms with Crippen LogP contribution in [0.5, 0.6) is 0 Å². The monoisotopic (exact) mass is 278 g/mol. The standard InChI is InChI=1S/C12H18N6O2/c1-3-7(10-14-5-6-15-10)16-8-9(13)18(4-2)12(20)17-11(8)19/h5-7,16H,3-4,13H2,1-2H3,(H,14,15)(H,17,19,20). The number of aromatic nitrogens is 4. The summed E-state index contributed by atoms with van der Waals surface area (Å²) >= 11 is 0. The zero-order valence-corrected chi connectivity index (χ0v) is 11.4. The van der Waals surface area contributed by atoms with Gasteiger partial charge in [0.05, 0.1) is 6.04 Å². The van der Waals surface area contributed by atoms with E-state index in [2.05, 4.69) is 20.3 Å². The highest BCUT2D eigenvalue weighted by atomic mass is 16.2. The third kappa shape index (κ3) is 2.44. The Labute approximate surface area is 115 Å². The van der Waals surface area contributed by atoms with Gasteiger partial charge >= 0.3 is 5.69 Å².